The molecule has 3 rings (SSSR count). The van der Waals surface area contributed by atoms with E-state index >= 15 is 0 Å². The summed E-state index contributed by atoms with van der Waals surface area (Å²) >= 11 is 0. The van der Waals surface area contributed by atoms with Crippen LogP contribution in [0.5, 0.6) is 0 Å². The highest BCUT2D eigenvalue weighted by atomic mass is 15.3. The molecule has 1 aliphatic heterocycles. The van der Waals surface area contributed by atoms with Gasteiger partial charge in [0.1, 0.15) is 5.82 Å². The molecule has 1 aliphatic carbocycles. The molecule has 1 saturated heterocycles. The third-order valence-electron chi connectivity index (χ3n) is 4.38. The quantitative estimate of drug-likeness (QED) is 0.798. The standard InChI is InChI=1S/C15H23N3/c1-2-6-14(7-3-1)17-10-12-18(13-11-17)15-8-4-5-9-16-15/h4-5,8-9,14H,1-3,6-7,10-13H2. The molecule has 0 aromatic carbocycles. The van der Waals surface area contributed by atoms with Crippen LogP contribution in [0.4, 0.5) is 5.82 Å². The third kappa shape index (κ3) is 2.66. The summed E-state index contributed by atoms with van der Waals surface area (Å²) in [7, 11) is 0. The van der Waals surface area contributed by atoms with Gasteiger partial charge in [-0.3, -0.25) is 4.90 Å². The van der Waals surface area contributed by atoms with Gasteiger partial charge in [0, 0.05) is 38.4 Å². The maximum absolute atomic E-state index is 4.45. The van der Waals surface area contributed by atoms with Crippen molar-refractivity contribution in [2.24, 2.45) is 0 Å². The van der Waals surface area contributed by atoms with Gasteiger partial charge in [-0.05, 0) is 25.0 Å². The van der Waals surface area contributed by atoms with Crippen molar-refractivity contribution >= 4 is 5.82 Å². The van der Waals surface area contributed by atoms with Crippen molar-refractivity contribution in [2.45, 2.75) is 38.1 Å². The van der Waals surface area contributed by atoms with E-state index < -0.39 is 0 Å². The minimum absolute atomic E-state index is 0.865. The molecule has 2 fully saturated rings. The van der Waals surface area contributed by atoms with Crippen LogP contribution in [0.2, 0.25) is 0 Å². The van der Waals surface area contributed by atoms with Gasteiger partial charge < -0.3 is 4.90 Å². The van der Waals surface area contributed by atoms with Gasteiger partial charge in [0.25, 0.3) is 0 Å². The highest BCUT2D eigenvalue weighted by molar-refractivity contribution is 5.38. The summed E-state index contributed by atoms with van der Waals surface area (Å²) in [5.41, 5.74) is 0. The van der Waals surface area contributed by atoms with Crippen LogP contribution < -0.4 is 4.90 Å². The van der Waals surface area contributed by atoms with E-state index in [0.717, 1.165) is 24.9 Å². The van der Waals surface area contributed by atoms with Crippen molar-refractivity contribution < 1.29 is 0 Å². The van der Waals surface area contributed by atoms with Gasteiger partial charge in [0.2, 0.25) is 0 Å². The van der Waals surface area contributed by atoms with Crippen LogP contribution in [-0.2, 0) is 0 Å². The molecular weight excluding hydrogens is 222 g/mol. The van der Waals surface area contributed by atoms with Gasteiger partial charge in [0.15, 0.2) is 0 Å². The van der Waals surface area contributed by atoms with Gasteiger partial charge in [-0.15, -0.1) is 0 Å². The average Bonchev–Trinajstić information content (AvgIpc) is 2.49. The Morgan fingerprint density at radius 3 is 2.39 bits per heavy atom. The van der Waals surface area contributed by atoms with Crippen LogP contribution in [0.3, 0.4) is 0 Å². The lowest BCUT2D eigenvalue weighted by molar-refractivity contribution is 0.147. The number of piperazine rings is 1. The largest absolute Gasteiger partial charge is 0.354 e. The second-order valence-electron chi connectivity index (χ2n) is 5.50. The predicted molar refractivity (Wildman–Crippen MR) is 74.9 cm³/mol. The van der Waals surface area contributed by atoms with Crippen LogP contribution in [0.25, 0.3) is 0 Å². The first-order chi connectivity index (χ1) is 8.93. The molecule has 0 atom stereocenters. The van der Waals surface area contributed by atoms with E-state index in [1.807, 2.05) is 12.3 Å². The van der Waals surface area contributed by atoms with Gasteiger partial charge in [-0.25, -0.2) is 4.98 Å². The molecule has 3 nitrogen and oxygen atoms in total. The first-order valence-corrected chi connectivity index (χ1v) is 7.33. The summed E-state index contributed by atoms with van der Waals surface area (Å²) in [6.07, 6.45) is 9.05. The molecule has 98 valence electrons. The van der Waals surface area contributed by atoms with E-state index in [2.05, 4.69) is 26.9 Å². The van der Waals surface area contributed by atoms with E-state index in [0.29, 0.717) is 0 Å². The van der Waals surface area contributed by atoms with Crippen LogP contribution in [-0.4, -0.2) is 42.1 Å². The Hall–Kier alpha value is -1.09. The third-order valence-corrected chi connectivity index (χ3v) is 4.38. The maximum atomic E-state index is 4.45. The molecule has 0 spiro atoms. The topological polar surface area (TPSA) is 19.4 Å². The number of nitrogens with zero attached hydrogens (tertiary/aromatic N) is 3. The molecule has 0 N–H and O–H groups in total. The smallest absolute Gasteiger partial charge is 0.128 e. The molecule has 0 bridgehead atoms. The van der Waals surface area contributed by atoms with Gasteiger partial charge >= 0.3 is 0 Å². The second-order valence-corrected chi connectivity index (χ2v) is 5.50. The lowest BCUT2D eigenvalue weighted by Crippen LogP contribution is -2.51. The monoisotopic (exact) mass is 245 g/mol. The van der Waals surface area contributed by atoms with E-state index in [1.165, 1.54) is 45.2 Å². The van der Waals surface area contributed by atoms with Crippen molar-refractivity contribution in [2.75, 3.05) is 31.1 Å². The zero-order chi connectivity index (χ0) is 12.2. The second kappa shape index (κ2) is 5.70. The van der Waals surface area contributed by atoms with Gasteiger partial charge in [-0.1, -0.05) is 25.3 Å². The molecule has 18 heavy (non-hydrogen) atoms. The number of pyridine rings is 1. The number of hydrogen-bond donors (Lipinski definition) is 0. The lowest BCUT2D eigenvalue weighted by Gasteiger charge is -2.41. The molecule has 0 radical (unpaired) electrons. The zero-order valence-corrected chi connectivity index (χ0v) is 11.1. The lowest BCUT2D eigenvalue weighted by atomic mass is 9.94. The fourth-order valence-corrected chi connectivity index (χ4v) is 3.30. The van der Waals surface area contributed by atoms with E-state index in [4.69, 9.17) is 0 Å². The van der Waals surface area contributed by atoms with Crippen molar-refractivity contribution in [3.8, 4) is 0 Å². The molecule has 3 heteroatoms. The maximum Gasteiger partial charge on any atom is 0.128 e. The Morgan fingerprint density at radius 1 is 0.944 bits per heavy atom. The Balaban J connectivity index is 1.54. The minimum Gasteiger partial charge on any atom is -0.354 e. The Labute approximate surface area is 110 Å². The zero-order valence-electron chi connectivity index (χ0n) is 11.1. The highest BCUT2D eigenvalue weighted by Crippen LogP contribution is 2.24. The molecule has 2 aliphatic rings. The summed E-state index contributed by atoms with van der Waals surface area (Å²) in [6.45, 7) is 4.68. The fourth-order valence-electron chi connectivity index (χ4n) is 3.30. The summed E-state index contributed by atoms with van der Waals surface area (Å²) in [4.78, 5) is 9.57. The van der Waals surface area contributed by atoms with E-state index in [-0.39, 0.29) is 0 Å². The molecule has 2 heterocycles. The van der Waals surface area contributed by atoms with E-state index in [1.54, 1.807) is 0 Å². The van der Waals surface area contributed by atoms with Crippen molar-refractivity contribution in [3.63, 3.8) is 0 Å². The Morgan fingerprint density at radius 2 is 1.72 bits per heavy atom. The van der Waals surface area contributed by atoms with Crippen LogP contribution in [0, 0.1) is 0 Å². The van der Waals surface area contributed by atoms with Crippen LogP contribution in [0.1, 0.15) is 32.1 Å². The molecule has 0 amide bonds. The molecule has 1 aromatic rings. The fraction of sp³-hybridized carbons (Fsp3) is 0.667. The molecule has 0 unspecified atom stereocenters. The molecule has 1 aromatic heterocycles. The number of aromatic nitrogens is 1. The average molecular weight is 245 g/mol. The van der Waals surface area contributed by atoms with Gasteiger partial charge in [0.05, 0.1) is 0 Å². The molecular formula is C15H23N3. The van der Waals surface area contributed by atoms with Crippen molar-refractivity contribution in [1.29, 1.82) is 0 Å². The molecule has 1 saturated carbocycles. The Bertz CT molecular complexity index is 351. The predicted octanol–water partition coefficient (Wildman–Crippen LogP) is 2.54. The van der Waals surface area contributed by atoms with Crippen molar-refractivity contribution in [3.05, 3.63) is 24.4 Å². The highest BCUT2D eigenvalue weighted by Gasteiger charge is 2.25. The number of rotatable bonds is 2. The summed E-state index contributed by atoms with van der Waals surface area (Å²) in [5, 5.41) is 0. The number of anilines is 1. The summed E-state index contributed by atoms with van der Waals surface area (Å²) < 4.78 is 0. The Kier molecular flexibility index (Phi) is 3.79. The first kappa shape index (κ1) is 12.0. The minimum atomic E-state index is 0.865. The van der Waals surface area contributed by atoms with Crippen LogP contribution >= 0.6 is 0 Å². The van der Waals surface area contributed by atoms with E-state index in [9.17, 15) is 0 Å². The number of hydrogen-bond acceptors (Lipinski definition) is 3. The first-order valence-electron chi connectivity index (χ1n) is 7.33. The SMILES string of the molecule is c1ccc(N2CCN(C3CCCCC3)CC2)nc1. The summed E-state index contributed by atoms with van der Waals surface area (Å²) in [5.74, 6) is 1.14. The van der Waals surface area contributed by atoms with Gasteiger partial charge in [-0.2, -0.15) is 0 Å². The van der Waals surface area contributed by atoms with Crippen LogP contribution in [0.15, 0.2) is 24.4 Å². The summed E-state index contributed by atoms with van der Waals surface area (Å²) in [6, 6.07) is 7.05. The normalized spacial score (nSPS) is 23.2. The van der Waals surface area contributed by atoms with Crippen molar-refractivity contribution in [1.82, 2.24) is 9.88 Å².